The molecule has 3 fully saturated rings. The van der Waals surface area contributed by atoms with Gasteiger partial charge in [-0.1, -0.05) is 57.9 Å². The molecule has 0 aromatic carbocycles. The van der Waals surface area contributed by atoms with E-state index in [1.807, 2.05) is 0 Å². The zero-order valence-electron chi connectivity index (χ0n) is 21.2. The molecule has 3 saturated carbocycles. The van der Waals surface area contributed by atoms with E-state index in [1.165, 1.54) is 49.7 Å². The predicted molar refractivity (Wildman–Crippen MR) is 130 cm³/mol. The Labute approximate surface area is 191 Å². The number of hydrogen-bond donors (Lipinski definition) is 2. The van der Waals surface area contributed by atoms with Crippen LogP contribution in [0, 0.1) is 45.8 Å². The number of fused-ring (bicyclic) bond motifs is 5. The lowest BCUT2D eigenvalue weighted by molar-refractivity contribution is -0.133. The van der Waals surface area contributed by atoms with Crippen molar-refractivity contribution in [2.45, 2.75) is 112 Å². The van der Waals surface area contributed by atoms with Crippen molar-refractivity contribution < 1.29 is 10.2 Å². The third-order valence-corrected chi connectivity index (χ3v) is 11.0. The van der Waals surface area contributed by atoms with Gasteiger partial charge in [0.15, 0.2) is 0 Å². The second-order valence-corrected chi connectivity index (χ2v) is 13.1. The molecule has 176 valence electrons. The van der Waals surface area contributed by atoms with Gasteiger partial charge in [-0.15, -0.1) is 0 Å². The molecule has 0 bridgehead atoms. The van der Waals surface area contributed by atoms with E-state index >= 15 is 0 Å². The lowest BCUT2D eigenvalue weighted by Gasteiger charge is -2.62. The second-order valence-electron chi connectivity index (χ2n) is 13.1. The van der Waals surface area contributed by atoms with Crippen LogP contribution in [0.2, 0.25) is 0 Å². The van der Waals surface area contributed by atoms with Gasteiger partial charge in [-0.25, -0.2) is 0 Å². The van der Waals surface area contributed by atoms with Crippen LogP contribution < -0.4 is 0 Å². The highest BCUT2D eigenvalue weighted by atomic mass is 16.3. The van der Waals surface area contributed by atoms with E-state index < -0.39 is 12.2 Å². The summed E-state index contributed by atoms with van der Waals surface area (Å²) in [5, 5.41) is 22.0. The SMILES string of the molecule is CC(C)=CCC[C@@H](C)[C@H]1CC[C@H]2[C@@H]3CC=C4C(C)(C)[C@H](O)C[C@H](O)[C@]4(C)[C@H]3CC[C@]12C. The van der Waals surface area contributed by atoms with Crippen LogP contribution in [0.4, 0.5) is 0 Å². The zero-order chi connectivity index (χ0) is 22.8. The molecule has 4 rings (SSSR count). The highest BCUT2D eigenvalue weighted by molar-refractivity contribution is 5.33. The number of allylic oxidation sites excluding steroid dienone is 3. The Morgan fingerprint density at radius 2 is 1.77 bits per heavy atom. The van der Waals surface area contributed by atoms with Gasteiger partial charge >= 0.3 is 0 Å². The smallest absolute Gasteiger partial charge is 0.0658 e. The summed E-state index contributed by atoms with van der Waals surface area (Å²) in [6.45, 7) is 16.3. The van der Waals surface area contributed by atoms with E-state index in [9.17, 15) is 10.2 Å². The molecule has 31 heavy (non-hydrogen) atoms. The Hall–Kier alpha value is -0.600. The summed E-state index contributed by atoms with van der Waals surface area (Å²) in [6.07, 6.45) is 13.6. The number of aliphatic hydroxyl groups excluding tert-OH is 2. The lowest BCUT2D eigenvalue weighted by atomic mass is 9.43. The van der Waals surface area contributed by atoms with Crippen LogP contribution in [-0.2, 0) is 0 Å². The Bertz CT molecular complexity index is 744. The summed E-state index contributed by atoms with van der Waals surface area (Å²) in [7, 11) is 0. The molecule has 4 aliphatic rings. The van der Waals surface area contributed by atoms with Crippen LogP contribution >= 0.6 is 0 Å². The molecule has 2 nitrogen and oxygen atoms in total. The molecule has 9 atom stereocenters. The van der Waals surface area contributed by atoms with Gasteiger partial charge in [0.2, 0.25) is 0 Å². The number of hydrogen-bond acceptors (Lipinski definition) is 2. The molecule has 0 aromatic heterocycles. The molecule has 0 radical (unpaired) electrons. The van der Waals surface area contributed by atoms with Gasteiger partial charge in [-0.3, -0.25) is 0 Å². The second kappa shape index (κ2) is 8.01. The van der Waals surface area contributed by atoms with Crippen molar-refractivity contribution in [2.24, 2.45) is 45.8 Å². The Morgan fingerprint density at radius 1 is 1.06 bits per heavy atom. The maximum atomic E-state index is 11.3. The fraction of sp³-hybridized carbons (Fsp3) is 0.862. The average molecular weight is 429 g/mol. The maximum absolute atomic E-state index is 11.3. The van der Waals surface area contributed by atoms with Crippen molar-refractivity contribution in [3.05, 3.63) is 23.3 Å². The molecule has 0 aliphatic heterocycles. The lowest BCUT2D eigenvalue weighted by Crippen LogP contribution is -2.60. The molecule has 0 unspecified atom stereocenters. The number of aliphatic hydroxyl groups is 2. The van der Waals surface area contributed by atoms with Gasteiger partial charge in [0.25, 0.3) is 0 Å². The minimum Gasteiger partial charge on any atom is -0.392 e. The van der Waals surface area contributed by atoms with E-state index in [4.69, 9.17) is 0 Å². The van der Waals surface area contributed by atoms with Crippen LogP contribution in [0.3, 0.4) is 0 Å². The van der Waals surface area contributed by atoms with Gasteiger partial charge in [0, 0.05) is 17.3 Å². The van der Waals surface area contributed by atoms with Crippen LogP contribution in [0.1, 0.15) is 99.8 Å². The van der Waals surface area contributed by atoms with Crippen LogP contribution in [0.5, 0.6) is 0 Å². The van der Waals surface area contributed by atoms with Crippen LogP contribution in [0.25, 0.3) is 0 Å². The standard InChI is InChI=1S/C29H48O2/c1-18(2)9-8-10-19(3)21-12-13-22-20-11-14-24-27(4,5)25(30)17-26(31)29(24,7)23(20)15-16-28(21,22)6/h9,14,19-23,25-26,30-31H,8,10-13,15-17H2,1-7H3/t19-,20+,21-,22+,23+,25-,26+,28-,29-/m1/s1. The predicted octanol–water partition coefficient (Wildman–Crippen LogP) is 6.92. The minimum absolute atomic E-state index is 0.167. The fourth-order valence-electron chi connectivity index (χ4n) is 9.16. The molecule has 4 aliphatic carbocycles. The third-order valence-electron chi connectivity index (χ3n) is 11.0. The Morgan fingerprint density at radius 3 is 2.45 bits per heavy atom. The van der Waals surface area contributed by atoms with Crippen LogP contribution in [-0.4, -0.2) is 22.4 Å². The summed E-state index contributed by atoms with van der Waals surface area (Å²) >= 11 is 0. The summed E-state index contributed by atoms with van der Waals surface area (Å²) in [5.41, 5.74) is 2.86. The largest absolute Gasteiger partial charge is 0.392 e. The molecule has 0 heterocycles. The topological polar surface area (TPSA) is 40.5 Å². The maximum Gasteiger partial charge on any atom is 0.0658 e. The van der Waals surface area contributed by atoms with Crippen molar-refractivity contribution in [1.82, 2.24) is 0 Å². The van der Waals surface area contributed by atoms with Gasteiger partial charge in [-0.05, 0) is 93.8 Å². The van der Waals surface area contributed by atoms with E-state index in [-0.39, 0.29) is 10.8 Å². The summed E-state index contributed by atoms with van der Waals surface area (Å²) in [5.74, 6) is 3.69. The van der Waals surface area contributed by atoms with Gasteiger partial charge in [0.1, 0.15) is 0 Å². The fourth-order valence-corrected chi connectivity index (χ4v) is 9.16. The molecular formula is C29H48O2. The zero-order valence-corrected chi connectivity index (χ0v) is 21.2. The van der Waals surface area contributed by atoms with Crippen molar-refractivity contribution in [1.29, 1.82) is 0 Å². The molecule has 0 saturated heterocycles. The highest BCUT2D eigenvalue weighted by Gasteiger charge is 2.63. The molecule has 0 spiro atoms. The summed E-state index contributed by atoms with van der Waals surface area (Å²) in [4.78, 5) is 0. The van der Waals surface area contributed by atoms with Gasteiger partial charge in [0.05, 0.1) is 12.2 Å². The van der Waals surface area contributed by atoms with Gasteiger partial charge in [-0.2, -0.15) is 0 Å². The average Bonchev–Trinajstić information content (AvgIpc) is 3.04. The molecule has 0 aromatic rings. The summed E-state index contributed by atoms with van der Waals surface area (Å²) < 4.78 is 0. The van der Waals surface area contributed by atoms with Crippen molar-refractivity contribution in [3.8, 4) is 0 Å². The normalized spacial score (nSPS) is 46.9. The van der Waals surface area contributed by atoms with E-state index in [1.54, 1.807) is 0 Å². The van der Waals surface area contributed by atoms with Crippen molar-refractivity contribution in [3.63, 3.8) is 0 Å². The Kier molecular flexibility index (Phi) is 6.09. The highest BCUT2D eigenvalue weighted by Crippen LogP contribution is 2.68. The molecule has 2 N–H and O–H groups in total. The van der Waals surface area contributed by atoms with Crippen LogP contribution in [0.15, 0.2) is 23.3 Å². The Balaban J connectivity index is 1.59. The first-order valence-corrected chi connectivity index (χ1v) is 13.1. The minimum atomic E-state index is -0.440. The third kappa shape index (κ3) is 3.50. The number of rotatable bonds is 4. The van der Waals surface area contributed by atoms with E-state index in [2.05, 4.69) is 60.6 Å². The molecular weight excluding hydrogens is 380 g/mol. The molecule has 0 amide bonds. The van der Waals surface area contributed by atoms with E-state index in [0.29, 0.717) is 23.7 Å². The van der Waals surface area contributed by atoms with Crippen molar-refractivity contribution >= 4 is 0 Å². The first kappa shape index (κ1) is 23.6. The van der Waals surface area contributed by atoms with E-state index in [0.717, 1.165) is 24.2 Å². The summed E-state index contributed by atoms with van der Waals surface area (Å²) in [6, 6.07) is 0. The van der Waals surface area contributed by atoms with Gasteiger partial charge < -0.3 is 10.2 Å². The quantitative estimate of drug-likeness (QED) is 0.477. The van der Waals surface area contributed by atoms with Crippen molar-refractivity contribution in [2.75, 3.05) is 0 Å². The first-order chi connectivity index (χ1) is 14.4. The monoisotopic (exact) mass is 428 g/mol. The first-order valence-electron chi connectivity index (χ1n) is 13.1. The molecule has 2 heteroatoms.